The predicted octanol–water partition coefficient (Wildman–Crippen LogP) is 1.50. The summed E-state index contributed by atoms with van der Waals surface area (Å²) in [7, 11) is 0. The van der Waals surface area contributed by atoms with Gasteiger partial charge in [0.05, 0.1) is 12.0 Å². The van der Waals surface area contributed by atoms with Crippen molar-refractivity contribution in [2.75, 3.05) is 0 Å². The largest absolute Gasteiger partial charge is 0.481 e. The van der Waals surface area contributed by atoms with Crippen molar-refractivity contribution in [1.82, 2.24) is 0 Å². The molecule has 76 valence electrons. The molecule has 0 saturated heterocycles. The van der Waals surface area contributed by atoms with Crippen LogP contribution in [0.3, 0.4) is 0 Å². The number of hydrogen-bond acceptors (Lipinski definition) is 2. The number of rotatable bonds is 1. The number of hydrogen-bond donors (Lipinski definition) is 2. The first-order valence-electron chi connectivity index (χ1n) is 4.73. The molecule has 3 nitrogen and oxygen atoms in total. The molecule has 1 fully saturated rings. The minimum atomic E-state index is -0.862. The lowest BCUT2D eigenvalue weighted by Gasteiger charge is -2.26. The molecule has 0 heterocycles. The van der Waals surface area contributed by atoms with Gasteiger partial charge in [0.25, 0.3) is 0 Å². The SMILES string of the molecule is CC(C)(C)[C@H]1C[C@H](C(=O)O)[C@@H](O)C1. The molecule has 0 bridgehead atoms. The number of carboxylic acid groups (broad SMARTS) is 1. The average Bonchev–Trinajstić information content (AvgIpc) is 2.29. The smallest absolute Gasteiger partial charge is 0.309 e. The molecular weight excluding hydrogens is 168 g/mol. The summed E-state index contributed by atoms with van der Waals surface area (Å²) in [5, 5.41) is 18.3. The van der Waals surface area contributed by atoms with Crippen LogP contribution in [0, 0.1) is 17.3 Å². The fraction of sp³-hybridized carbons (Fsp3) is 0.900. The Morgan fingerprint density at radius 2 is 1.85 bits per heavy atom. The van der Waals surface area contributed by atoms with Crippen LogP contribution < -0.4 is 0 Å². The summed E-state index contributed by atoms with van der Waals surface area (Å²) in [5.41, 5.74) is 0.102. The van der Waals surface area contributed by atoms with Crippen LogP contribution in [-0.2, 0) is 4.79 Å². The van der Waals surface area contributed by atoms with Crippen LogP contribution >= 0.6 is 0 Å². The van der Waals surface area contributed by atoms with E-state index in [1.54, 1.807) is 0 Å². The Morgan fingerprint density at radius 1 is 1.31 bits per heavy atom. The maximum Gasteiger partial charge on any atom is 0.309 e. The van der Waals surface area contributed by atoms with Crippen LogP contribution in [-0.4, -0.2) is 22.3 Å². The third-order valence-corrected chi connectivity index (χ3v) is 3.07. The number of aliphatic carboxylic acids is 1. The van der Waals surface area contributed by atoms with Crippen molar-refractivity contribution < 1.29 is 15.0 Å². The Bertz CT molecular complexity index is 205. The predicted molar refractivity (Wildman–Crippen MR) is 49.3 cm³/mol. The van der Waals surface area contributed by atoms with Gasteiger partial charge >= 0.3 is 5.97 Å². The lowest BCUT2D eigenvalue weighted by molar-refractivity contribution is -0.144. The summed E-state index contributed by atoms with van der Waals surface area (Å²) in [6.45, 7) is 6.28. The highest BCUT2D eigenvalue weighted by Gasteiger charge is 2.42. The van der Waals surface area contributed by atoms with E-state index in [0.717, 1.165) is 0 Å². The van der Waals surface area contributed by atoms with E-state index >= 15 is 0 Å². The summed E-state index contributed by atoms with van der Waals surface area (Å²) >= 11 is 0. The first kappa shape index (κ1) is 10.5. The number of aliphatic hydroxyl groups is 1. The van der Waals surface area contributed by atoms with Gasteiger partial charge in [0.2, 0.25) is 0 Å². The van der Waals surface area contributed by atoms with E-state index in [0.29, 0.717) is 18.8 Å². The molecule has 3 heteroatoms. The first-order chi connectivity index (χ1) is 5.82. The molecule has 1 rings (SSSR count). The van der Waals surface area contributed by atoms with Crippen LogP contribution in [0.1, 0.15) is 33.6 Å². The third kappa shape index (κ3) is 2.21. The van der Waals surface area contributed by atoms with E-state index in [9.17, 15) is 9.90 Å². The average molecular weight is 186 g/mol. The minimum Gasteiger partial charge on any atom is -0.481 e. The second kappa shape index (κ2) is 3.29. The Balaban J connectivity index is 2.65. The van der Waals surface area contributed by atoms with Gasteiger partial charge in [0.1, 0.15) is 0 Å². The molecule has 0 aromatic heterocycles. The summed E-state index contributed by atoms with van der Waals surface area (Å²) < 4.78 is 0. The Kier molecular flexibility index (Phi) is 2.66. The number of carboxylic acids is 1. The molecule has 1 aliphatic rings. The molecule has 13 heavy (non-hydrogen) atoms. The molecule has 1 saturated carbocycles. The van der Waals surface area contributed by atoms with Gasteiger partial charge in [-0.1, -0.05) is 20.8 Å². The van der Waals surface area contributed by atoms with Crippen LogP contribution in [0.15, 0.2) is 0 Å². The van der Waals surface area contributed by atoms with Crippen LogP contribution in [0.2, 0.25) is 0 Å². The van der Waals surface area contributed by atoms with Crippen molar-refractivity contribution in [1.29, 1.82) is 0 Å². The van der Waals surface area contributed by atoms with Gasteiger partial charge in [0, 0.05) is 0 Å². The maximum absolute atomic E-state index is 10.7. The third-order valence-electron chi connectivity index (χ3n) is 3.07. The molecule has 0 aromatic rings. The number of aliphatic hydroxyl groups excluding tert-OH is 1. The van der Waals surface area contributed by atoms with Gasteiger partial charge in [0.15, 0.2) is 0 Å². The fourth-order valence-corrected chi connectivity index (χ4v) is 1.99. The van der Waals surface area contributed by atoms with Crippen molar-refractivity contribution in [3.05, 3.63) is 0 Å². The van der Waals surface area contributed by atoms with E-state index in [1.807, 2.05) is 0 Å². The van der Waals surface area contributed by atoms with Crippen LogP contribution in [0.25, 0.3) is 0 Å². The maximum atomic E-state index is 10.7. The second-order valence-corrected chi connectivity index (χ2v) is 5.05. The van der Waals surface area contributed by atoms with Crippen molar-refractivity contribution >= 4 is 5.97 Å². The molecule has 0 spiro atoms. The lowest BCUT2D eigenvalue weighted by atomic mass is 9.79. The summed E-state index contributed by atoms with van der Waals surface area (Å²) in [4.78, 5) is 10.7. The first-order valence-corrected chi connectivity index (χ1v) is 4.73. The minimum absolute atomic E-state index is 0.102. The fourth-order valence-electron chi connectivity index (χ4n) is 1.99. The van der Waals surface area contributed by atoms with Crippen molar-refractivity contribution in [3.63, 3.8) is 0 Å². The topological polar surface area (TPSA) is 57.5 Å². The normalized spacial score (nSPS) is 34.9. The highest BCUT2D eigenvalue weighted by molar-refractivity contribution is 5.71. The van der Waals surface area contributed by atoms with Crippen LogP contribution in [0.5, 0.6) is 0 Å². The van der Waals surface area contributed by atoms with Gasteiger partial charge in [-0.3, -0.25) is 4.79 Å². The zero-order chi connectivity index (χ0) is 10.2. The summed E-state index contributed by atoms with van der Waals surface area (Å²) in [5.74, 6) is -1.09. The van der Waals surface area contributed by atoms with Gasteiger partial charge in [-0.05, 0) is 24.2 Å². The standard InChI is InChI=1S/C10H18O3/c1-10(2,3)6-4-7(9(12)13)8(11)5-6/h6-8,11H,4-5H2,1-3H3,(H,12,13)/t6-,7-,8-/m0/s1. The quantitative estimate of drug-likeness (QED) is 0.652. The molecular formula is C10H18O3. The molecule has 1 aliphatic carbocycles. The van der Waals surface area contributed by atoms with Crippen molar-refractivity contribution in [2.24, 2.45) is 17.3 Å². The van der Waals surface area contributed by atoms with Gasteiger partial charge in [-0.2, -0.15) is 0 Å². The molecule has 0 radical (unpaired) electrons. The Morgan fingerprint density at radius 3 is 2.08 bits per heavy atom. The molecule has 0 aromatic carbocycles. The van der Waals surface area contributed by atoms with Crippen LogP contribution in [0.4, 0.5) is 0 Å². The highest BCUT2D eigenvalue weighted by Crippen LogP contribution is 2.42. The zero-order valence-electron chi connectivity index (χ0n) is 8.45. The molecule has 3 atom stereocenters. The Labute approximate surface area is 78.8 Å². The van der Waals surface area contributed by atoms with E-state index in [2.05, 4.69) is 20.8 Å². The molecule has 0 amide bonds. The molecule has 0 unspecified atom stereocenters. The van der Waals surface area contributed by atoms with Crippen molar-refractivity contribution in [3.8, 4) is 0 Å². The number of carbonyl (C=O) groups is 1. The van der Waals surface area contributed by atoms with E-state index in [1.165, 1.54) is 0 Å². The molecule has 0 aliphatic heterocycles. The van der Waals surface area contributed by atoms with E-state index < -0.39 is 18.0 Å². The van der Waals surface area contributed by atoms with E-state index in [4.69, 9.17) is 5.11 Å². The van der Waals surface area contributed by atoms with Crippen molar-refractivity contribution in [2.45, 2.75) is 39.7 Å². The molecule has 2 N–H and O–H groups in total. The second-order valence-electron chi connectivity index (χ2n) is 5.05. The highest BCUT2D eigenvalue weighted by atomic mass is 16.4. The summed E-state index contributed by atoms with van der Waals surface area (Å²) in [6.07, 6.45) is 0.585. The van der Waals surface area contributed by atoms with Gasteiger partial charge < -0.3 is 10.2 Å². The summed E-state index contributed by atoms with van der Waals surface area (Å²) in [6, 6.07) is 0. The van der Waals surface area contributed by atoms with Gasteiger partial charge in [-0.15, -0.1) is 0 Å². The Hall–Kier alpha value is -0.570. The van der Waals surface area contributed by atoms with Gasteiger partial charge in [-0.25, -0.2) is 0 Å². The lowest BCUT2D eigenvalue weighted by Crippen LogP contribution is -2.21. The zero-order valence-corrected chi connectivity index (χ0v) is 8.45. The monoisotopic (exact) mass is 186 g/mol. The van der Waals surface area contributed by atoms with E-state index in [-0.39, 0.29) is 5.41 Å².